The number of rotatable bonds is 8. The number of carbonyl (C=O) groups is 1. The van der Waals surface area contributed by atoms with Gasteiger partial charge in [0.1, 0.15) is 24.8 Å². The maximum absolute atomic E-state index is 14.0. The van der Waals surface area contributed by atoms with Crippen molar-refractivity contribution in [1.29, 1.82) is 5.26 Å². The summed E-state index contributed by atoms with van der Waals surface area (Å²) >= 11 is 0. The molecule has 254 valence electrons. The number of amides is 1. The summed E-state index contributed by atoms with van der Waals surface area (Å²) in [6, 6.07) is 13.8. The lowest BCUT2D eigenvalue weighted by molar-refractivity contribution is -0.137. The maximum atomic E-state index is 14.0. The third kappa shape index (κ3) is 7.57. The average Bonchev–Trinajstić information content (AvgIpc) is 3.37. The number of fused-ring (bicyclic) bond motifs is 1. The zero-order valence-electron chi connectivity index (χ0n) is 26.9. The summed E-state index contributed by atoms with van der Waals surface area (Å²) in [4.78, 5) is 34.4. The summed E-state index contributed by atoms with van der Waals surface area (Å²) in [6.07, 6.45) is -0.449. The highest BCUT2D eigenvalue weighted by Crippen LogP contribution is 2.38. The number of likely N-dealkylation sites (N-methyl/N-ethyl adjacent to an activating group) is 1. The van der Waals surface area contributed by atoms with E-state index in [0.717, 1.165) is 36.6 Å². The van der Waals surface area contributed by atoms with Crippen LogP contribution in [0, 0.1) is 11.3 Å². The molecule has 0 radical (unpaired) electrons. The SMILES string of the molecule is CN1CCC[C@H]1COc1nc2c(c(N3CCN(C(=O)OCc4ccccc4)[C@@H](CC#N)C3)n1)CCCN(c1ncccc1C(F)(F)F)C2. The number of hydrogen-bond donors (Lipinski definition) is 0. The van der Waals surface area contributed by atoms with Crippen LogP contribution in [0.5, 0.6) is 6.01 Å². The predicted octanol–water partition coefficient (Wildman–Crippen LogP) is 5.06. The number of benzene rings is 1. The Morgan fingerprint density at radius 2 is 1.83 bits per heavy atom. The molecule has 3 aliphatic heterocycles. The minimum absolute atomic E-state index is 0.0925. The maximum Gasteiger partial charge on any atom is 0.419 e. The molecule has 11 nitrogen and oxygen atoms in total. The molecule has 1 amide bonds. The molecule has 0 aliphatic carbocycles. The fourth-order valence-electron chi connectivity index (χ4n) is 6.70. The molecule has 3 aromatic rings. The van der Waals surface area contributed by atoms with Crippen LogP contribution in [0.25, 0.3) is 0 Å². The standard InChI is InChI=1S/C34H39F3N8O3/c1-42-16-6-10-26(42)23-47-32-40-29-21-43(31-28(34(35,36)37)12-5-15-39-31)17-7-11-27(29)30(41-32)44-18-19-45(25(20-44)13-14-38)33(46)48-22-24-8-3-2-4-9-24/h2-5,8-9,12,15,25-26H,6-7,10-11,13,16-23H2,1H3/t25-,26-/m0/s1. The number of piperazine rings is 1. The van der Waals surface area contributed by atoms with Crippen molar-refractivity contribution < 1.29 is 27.4 Å². The molecular formula is C34H39F3N8O3. The molecule has 2 saturated heterocycles. The van der Waals surface area contributed by atoms with Crippen LogP contribution in [0.2, 0.25) is 0 Å². The molecule has 2 aromatic heterocycles. The van der Waals surface area contributed by atoms with Gasteiger partial charge in [-0.05, 0) is 57.0 Å². The van der Waals surface area contributed by atoms with E-state index in [4.69, 9.17) is 19.4 Å². The summed E-state index contributed by atoms with van der Waals surface area (Å²) < 4.78 is 53.8. The van der Waals surface area contributed by atoms with E-state index < -0.39 is 23.9 Å². The van der Waals surface area contributed by atoms with Crippen molar-refractivity contribution in [3.8, 4) is 12.1 Å². The summed E-state index contributed by atoms with van der Waals surface area (Å²) in [5.41, 5.74) is 1.47. The molecule has 0 N–H and O–H groups in total. The van der Waals surface area contributed by atoms with Gasteiger partial charge in [0.05, 0.1) is 36.3 Å². The Balaban J connectivity index is 1.28. The summed E-state index contributed by atoms with van der Waals surface area (Å²) in [7, 11) is 2.05. The molecular weight excluding hydrogens is 625 g/mol. The minimum Gasteiger partial charge on any atom is -0.462 e. The lowest BCUT2D eigenvalue weighted by atomic mass is 10.1. The molecule has 0 spiro atoms. The van der Waals surface area contributed by atoms with E-state index in [-0.39, 0.29) is 37.4 Å². The normalized spacial score (nSPS) is 20.2. The topological polar surface area (TPSA) is 111 Å². The molecule has 2 fully saturated rings. The van der Waals surface area contributed by atoms with Gasteiger partial charge in [-0.1, -0.05) is 30.3 Å². The Morgan fingerprint density at radius 1 is 1.00 bits per heavy atom. The number of carbonyl (C=O) groups excluding carboxylic acids is 1. The number of pyridine rings is 1. The van der Waals surface area contributed by atoms with Crippen molar-refractivity contribution in [2.75, 3.05) is 56.2 Å². The lowest BCUT2D eigenvalue weighted by Crippen LogP contribution is -2.55. The number of alkyl halides is 3. The van der Waals surface area contributed by atoms with Crippen LogP contribution in [0.1, 0.15) is 48.1 Å². The van der Waals surface area contributed by atoms with Crippen LogP contribution in [-0.2, 0) is 30.5 Å². The van der Waals surface area contributed by atoms with Crippen LogP contribution in [0.4, 0.5) is 29.6 Å². The van der Waals surface area contributed by atoms with Gasteiger partial charge in [-0.25, -0.2) is 9.78 Å². The van der Waals surface area contributed by atoms with Gasteiger partial charge in [0, 0.05) is 44.0 Å². The summed E-state index contributed by atoms with van der Waals surface area (Å²) in [6.45, 7) is 2.96. The second kappa shape index (κ2) is 14.6. The second-order valence-corrected chi connectivity index (χ2v) is 12.4. The van der Waals surface area contributed by atoms with Gasteiger partial charge < -0.3 is 29.1 Å². The third-order valence-electron chi connectivity index (χ3n) is 9.26. The van der Waals surface area contributed by atoms with Gasteiger partial charge in [0.15, 0.2) is 0 Å². The van der Waals surface area contributed by atoms with Gasteiger partial charge >= 0.3 is 18.3 Å². The van der Waals surface area contributed by atoms with Gasteiger partial charge in [-0.15, -0.1) is 0 Å². The molecule has 3 aliphatic rings. The summed E-state index contributed by atoms with van der Waals surface area (Å²) in [5, 5.41) is 9.68. The number of nitrogens with zero attached hydrogens (tertiary/aromatic N) is 8. The van der Waals surface area contributed by atoms with Crippen LogP contribution in [0.3, 0.4) is 0 Å². The van der Waals surface area contributed by atoms with Crippen LogP contribution in [-0.4, -0.2) is 89.3 Å². The monoisotopic (exact) mass is 664 g/mol. The first-order valence-electron chi connectivity index (χ1n) is 16.3. The molecule has 14 heteroatoms. The van der Waals surface area contributed by atoms with Crippen LogP contribution in [0.15, 0.2) is 48.7 Å². The summed E-state index contributed by atoms with van der Waals surface area (Å²) in [5.74, 6) is 0.485. The molecule has 48 heavy (non-hydrogen) atoms. The van der Waals surface area contributed by atoms with Gasteiger partial charge in [-0.2, -0.15) is 28.4 Å². The van der Waals surface area contributed by atoms with E-state index in [9.17, 15) is 23.2 Å². The van der Waals surface area contributed by atoms with E-state index in [0.29, 0.717) is 57.1 Å². The molecule has 2 atom stereocenters. The van der Waals surface area contributed by atoms with E-state index >= 15 is 0 Å². The van der Waals surface area contributed by atoms with E-state index in [1.807, 2.05) is 42.3 Å². The van der Waals surface area contributed by atoms with Crippen molar-refractivity contribution in [3.05, 3.63) is 71.0 Å². The molecule has 0 unspecified atom stereocenters. The zero-order valence-corrected chi connectivity index (χ0v) is 26.9. The second-order valence-electron chi connectivity index (χ2n) is 12.4. The van der Waals surface area contributed by atoms with Crippen molar-refractivity contribution in [3.63, 3.8) is 0 Å². The van der Waals surface area contributed by atoms with Crippen molar-refractivity contribution in [2.45, 2.75) is 63.5 Å². The van der Waals surface area contributed by atoms with Crippen LogP contribution >= 0.6 is 0 Å². The minimum atomic E-state index is -4.56. The predicted molar refractivity (Wildman–Crippen MR) is 171 cm³/mol. The third-order valence-corrected chi connectivity index (χ3v) is 9.26. The Labute approximate surface area is 277 Å². The zero-order chi connectivity index (χ0) is 33.7. The quantitative estimate of drug-likeness (QED) is 0.324. The number of ether oxygens (including phenoxy) is 2. The van der Waals surface area contributed by atoms with Crippen LogP contribution < -0.4 is 14.5 Å². The highest BCUT2D eigenvalue weighted by molar-refractivity contribution is 5.69. The Morgan fingerprint density at radius 3 is 2.58 bits per heavy atom. The average molecular weight is 665 g/mol. The molecule has 5 heterocycles. The number of nitriles is 1. The molecule has 6 rings (SSSR count). The number of halogens is 3. The van der Waals surface area contributed by atoms with E-state index in [1.165, 1.54) is 12.3 Å². The lowest BCUT2D eigenvalue weighted by Gasteiger charge is -2.41. The van der Waals surface area contributed by atoms with Gasteiger partial charge in [0.25, 0.3) is 0 Å². The number of likely N-dealkylation sites (tertiary alicyclic amines) is 1. The fraction of sp³-hybridized carbons (Fsp3) is 0.500. The number of hydrogen-bond acceptors (Lipinski definition) is 10. The number of anilines is 2. The number of aromatic nitrogens is 3. The Bertz CT molecular complexity index is 1620. The van der Waals surface area contributed by atoms with E-state index in [1.54, 1.807) is 9.80 Å². The highest BCUT2D eigenvalue weighted by atomic mass is 19.4. The first kappa shape index (κ1) is 33.3. The van der Waals surface area contributed by atoms with Gasteiger partial charge in [-0.3, -0.25) is 0 Å². The fourth-order valence-corrected chi connectivity index (χ4v) is 6.70. The molecule has 0 bridgehead atoms. The van der Waals surface area contributed by atoms with Crippen molar-refractivity contribution >= 4 is 17.7 Å². The van der Waals surface area contributed by atoms with Crippen molar-refractivity contribution in [2.24, 2.45) is 0 Å². The first-order valence-corrected chi connectivity index (χ1v) is 16.3. The van der Waals surface area contributed by atoms with E-state index in [2.05, 4.69) is 16.0 Å². The smallest absolute Gasteiger partial charge is 0.419 e. The Kier molecular flexibility index (Phi) is 10.1. The first-order chi connectivity index (χ1) is 23.2. The largest absolute Gasteiger partial charge is 0.462 e. The van der Waals surface area contributed by atoms with Crippen molar-refractivity contribution in [1.82, 2.24) is 24.8 Å². The van der Waals surface area contributed by atoms with Gasteiger partial charge in [0.2, 0.25) is 0 Å². The molecule has 1 aromatic carbocycles. The highest BCUT2D eigenvalue weighted by Gasteiger charge is 2.38. The Hall–Kier alpha value is -4.64. The molecule has 0 saturated carbocycles.